The van der Waals surface area contributed by atoms with Gasteiger partial charge in [0.05, 0.1) is 32.1 Å². The number of benzene rings is 3. The Labute approximate surface area is 213 Å². The van der Waals surface area contributed by atoms with Crippen molar-refractivity contribution in [3.8, 4) is 17.3 Å². The monoisotopic (exact) mass is 501 g/mol. The van der Waals surface area contributed by atoms with Crippen LogP contribution >= 0.6 is 0 Å². The highest BCUT2D eigenvalue weighted by Crippen LogP contribution is 2.40. The second kappa shape index (κ2) is 9.36. The highest BCUT2D eigenvalue weighted by Gasteiger charge is 2.40. The summed E-state index contributed by atoms with van der Waals surface area (Å²) in [6.45, 7) is 1.95. The summed E-state index contributed by atoms with van der Waals surface area (Å²) >= 11 is 0. The minimum atomic E-state index is -1.81. The number of methoxy groups -OCH3 is 2. The maximum Gasteiger partial charge on any atom is 0.264 e. The Bertz CT molecular complexity index is 1660. The first-order valence-electron chi connectivity index (χ1n) is 11.6. The van der Waals surface area contributed by atoms with Crippen LogP contribution in [0.4, 0.5) is 0 Å². The molecule has 2 aromatic heterocycles. The minimum absolute atomic E-state index is 0.290. The number of aliphatic hydroxyl groups is 1. The first-order chi connectivity index (χ1) is 17.8. The number of hydrogen-bond donors (Lipinski definition) is 1. The van der Waals surface area contributed by atoms with Gasteiger partial charge in [-0.25, -0.2) is 0 Å². The summed E-state index contributed by atoms with van der Waals surface area (Å²) in [6.07, 6.45) is 1.57. The van der Waals surface area contributed by atoms with Crippen LogP contribution in [0.1, 0.15) is 16.7 Å². The van der Waals surface area contributed by atoms with E-state index in [4.69, 9.17) is 18.8 Å². The van der Waals surface area contributed by atoms with Crippen LogP contribution < -0.4 is 15.0 Å². The Morgan fingerprint density at radius 3 is 2.27 bits per heavy atom. The van der Waals surface area contributed by atoms with Crippen molar-refractivity contribution in [1.29, 1.82) is 0 Å². The molecule has 9 heteroatoms. The lowest BCUT2D eigenvalue weighted by molar-refractivity contribution is -0.252. The largest absolute Gasteiger partial charge is 0.493 e. The van der Waals surface area contributed by atoms with Crippen molar-refractivity contribution < 1.29 is 23.9 Å². The lowest BCUT2D eigenvalue weighted by Crippen LogP contribution is -2.45. The molecular weight excluding hydrogens is 474 g/mol. The molecule has 5 aromatic rings. The molecule has 9 nitrogen and oxygen atoms in total. The van der Waals surface area contributed by atoms with Crippen molar-refractivity contribution in [1.82, 2.24) is 14.8 Å². The van der Waals surface area contributed by atoms with Crippen LogP contribution in [0.25, 0.3) is 27.6 Å². The molecule has 0 aliphatic carbocycles. The molecule has 3 aromatic carbocycles. The van der Waals surface area contributed by atoms with Crippen LogP contribution in [0, 0.1) is 6.92 Å². The van der Waals surface area contributed by atoms with E-state index in [2.05, 4.69) is 5.16 Å². The summed E-state index contributed by atoms with van der Waals surface area (Å²) < 4.78 is 17.9. The second-order valence-corrected chi connectivity index (χ2v) is 8.69. The Morgan fingerprint density at radius 2 is 1.62 bits per heavy atom. The molecule has 0 amide bonds. The normalized spacial score (nSPS) is 13.3. The number of fused-ring (bicyclic) bond motifs is 2. The number of rotatable bonds is 7. The number of ether oxygens (including phenoxy) is 2. The van der Waals surface area contributed by atoms with Crippen molar-refractivity contribution in [3.05, 3.63) is 93.9 Å². The standard InChI is InChI=1S/C28H27N3O6/c1-17-11-12-23-21(13-17)26(29-37-23)31-16-22(28(33,30(2)36-5)18-9-7-6-8-10-18)19-14-24(34-3)25(35-4)15-20(19)27(31)32/h6-16,33H,1-5H3. The predicted molar refractivity (Wildman–Crippen MR) is 139 cm³/mol. The average molecular weight is 502 g/mol. The SMILES string of the molecule is COc1cc2c(C(O)(c3ccccc3)N(C)OC)cn(-c3noc4ccc(C)cc34)c(=O)c2cc1OC. The summed E-state index contributed by atoms with van der Waals surface area (Å²) in [6, 6.07) is 18.0. The van der Waals surface area contributed by atoms with Gasteiger partial charge in [-0.05, 0) is 31.2 Å². The minimum Gasteiger partial charge on any atom is -0.493 e. The summed E-state index contributed by atoms with van der Waals surface area (Å²) in [5, 5.41) is 19.3. The van der Waals surface area contributed by atoms with Crippen LogP contribution in [0.15, 0.2) is 76.2 Å². The van der Waals surface area contributed by atoms with E-state index in [0.29, 0.717) is 44.8 Å². The third kappa shape index (κ3) is 3.84. The van der Waals surface area contributed by atoms with E-state index in [0.717, 1.165) is 5.56 Å². The lowest BCUT2D eigenvalue weighted by atomic mass is 9.91. The van der Waals surface area contributed by atoms with Crippen molar-refractivity contribution >= 4 is 21.7 Å². The lowest BCUT2D eigenvalue weighted by Gasteiger charge is -2.37. The Hall–Kier alpha value is -4.18. The van der Waals surface area contributed by atoms with Crippen LogP contribution in [0.3, 0.4) is 0 Å². The van der Waals surface area contributed by atoms with Crippen molar-refractivity contribution in [2.24, 2.45) is 0 Å². The molecule has 2 heterocycles. The van der Waals surface area contributed by atoms with Crippen molar-refractivity contribution in [3.63, 3.8) is 0 Å². The molecular formula is C28H27N3O6. The van der Waals surface area contributed by atoms with Gasteiger partial charge >= 0.3 is 0 Å². The molecule has 0 spiro atoms. The Morgan fingerprint density at radius 1 is 0.946 bits per heavy atom. The van der Waals surface area contributed by atoms with Crippen LogP contribution in [-0.4, -0.2) is 48.3 Å². The molecule has 0 aliphatic heterocycles. The Kier molecular flexibility index (Phi) is 6.20. The quantitative estimate of drug-likeness (QED) is 0.262. The molecule has 0 bridgehead atoms. The highest BCUT2D eigenvalue weighted by molar-refractivity contribution is 5.91. The van der Waals surface area contributed by atoms with Gasteiger partial charge in [-0.1, -0.05) is 47.1 Å². The Balaban J connectivity index is 1.95. The van der Waals surface area contributed by atoms with Gasteiger partial charge < -0.3 is 19.1 Å². The van der Waals surface area contributed by atoms with E-state index >= 15 is 0 Å². The second-order valence-electron chi connectivity index (χ2n) is 8.69. The summed E-state index contributed by atoms with van der Waals surface area (Å²) in [5.41, 5.74) is 0.237. The van der Waals surface area contributed by atoms with Gasteiger partial charge in [-0.15, -0.1) is 0 Å². The molecule has 0 saturated carbocycles. The molecule has 0 aliphatic rings. The molecule has 0 saturated heterocycles. The summed E-state index contributed by atoms with van der Waals surface area (Å²) in [4.78, 5) is 19.5. The maximum absolute atomic E-state index is 13.9. The predicted octanol–water partition coefficient (Wildman–Crippen LogP) is 4.14. The number of hydroxylamine groups is 2. The number of aryl methyl sites for hydroxylation is 1. The van der Waals surface area contributed by atoms with E-state index in [1.807, 2.05) is 37.3 Å². The van der Waals surface area contributed by atoms with Gasteiger partial charge in [-0.3, -0.25) is 14.2 Å². The van der Waals surface area contributed by atoms with Gasteiger partial charge in [-0.2, -0.15) is 5.06 Å². The molecule has 1 N–H and O–H groups in total. The number of pyridine rings is 1. The molecule has 0 radical (unpaired) electrons. The molecule has 1 atom stereocenters. The van der Waals surface area contributed by atoms with Gasteiger partial charge in [0.25, 0.3) is 5.56 Å². The fraction of sp³-hybridized carbons (Fsp3) is 0.214. The first-order valence-corrected chi connectivity index (χ1v) is 11.6. The summed E-state index contributed by atoms with van der Waals surface area (Å²) in [5.74, 6) is 1.09. The topological polar surface area (TPSA) is 99.2 Å². The first kappa shape index (κ1) is 24.5. The smallest absolute Gasteiger partial charge is 0.264 e. The highest BCUT2D eigenvalue weighted by atomic mass is 16.7. The third-order valence-electron chi connectivity index (χ3n) is 6.64. The van der Waals surface area contributed by atoms with E-state index in [1.165, 1.54) is 31.0 Å². The van der Waals surface area contributed by atoms with Crippen LogP contribution in [-0.2, 0) is 10.6 Å². The molecule has 1 unspecified atom stereocenters. The molecule has 5 rings (SSSR count). The van der Waals surface area contributed by atoms with Crippen molar-refractivity contribution in [2.75, 3.05) is 28.4 Å². The fourth-order valence-corrected chi connectivity index (χ4v) is 4.62. The van der Waals surface area contributed by atoms with E-state index in [9.17, 15) is 9.90 Å². The maximum atomic E-state index is 13.9. The molecule has 190 valence electrons. The van der Waals surface area contributed by atoms with Crippen LogP contribution in [0.2, 0.25) is 0 Å². The molecule has 0 fully saturated rings. The van der Waals surface area contributed by atoms with Gasteiger partial charge in [0.1, 0.15) is 0 Å². The number of nitrogens with zero attached hydrogens (tertiary/aromatic N) is 3. The zero-order valence-corrected chi connectivity index (χ0v) is 21.2. The van der Waals surface area contributed by atoms with Gasteiger partial charge in [0, 0.05) is 29.8 Å². The fourth-order valence-electron chi connectivity index (χ4n) is 4.62. The van der Waals surface area contributed by atoms with Crippen LogP contribution in [0.5, 0.6) is 11.5 Å². The summed E-state index contributed by atoms with van der Waals surface area (Å²) in [7, 11) is 6.09. The zero-order valence-electron chi connectivity index (χ0n) is 21.2. The third-order valence-corrected chi connectivity index (χ3v) is 6.64. The van der Waals surface area contributed by atoms with Gasteiger partial charge in [0.15, 0.2) is 28.6 Å². The van der Waals surface area contributed by atoms with Gasteiger partial charge in [0.2, 0.25) is 0 Å². The van der Waals surface area contributed by atoms with E-state index in [-0.39, 0.29) is 10.9 Å². The number of hydrogen-bond acceptors (Lipinski definition) is 8. The zero-order chi connectivity index (χ0) is 26.3. The number of aromatic nitrogens is 2. The van der Waals surface area contributed by atoms with Crippen molar-refractivity contribution in [2.45, 2.75) is 12.6 Å². The average Bonchev–Trinajstić information content (AvgIpc) is 3.34. The van der Waals surface area contributed by atoms with E-state index in [1.54, 1.807) is 43.6 Å². The van der Waals surface area contributed by atoms with E-state index < -0.39 is 5.72 Å². The molecule has 37 heavy (non-hydrogen) atoms.